The highest BCUT2D eigenvalue weighted by molar-refractivity contribution is 5.95. The molecular formula is C19H27NO3. The lowest BCUT2D eigenvalue weighted by molar-refractivity contribution is -0.127. The molecule has 1 saturated carbocycles. The van der Waals surface area contributed by atoms with Gasteiger partial charge >= 0.3 is 0 Å². The maximum Gasteiger partial charge on any atom is 0.246 e. The summed E-state index contributed by atoms with van der Waals surface area (Å²) in [6, 6.07) is 8.00. The quantitative estimate of drug-likeness (QED) is 0.849. The van der Waals surface area contributed by atoms with E-state index in [9.17, 15) is 9.90 Å². The van der Waals surface area contributed by atoms with Gasteiger partial charge in [0, 0.05) is 31.3 Å². The predicted molar refractivity (Wildman–Crippen MR) is 92.2 cm³/mol. The van der Waals surface area contributed by atoms with Crippen molar-refractivity contribution in [3.63, 3.8) is 0 Å². The van der Waals surface area contributed by atoms with E-state index in [0.29, 0.717) is 5.92 Å². The average molecular weight is 317 g/mol. The lowest BCUT2D eigenvalue weighted by atomic mass is 9.86. The van der Waals surface area contributed by atoms with Crippen LogP contribution in [0.3, 0.4) is 0 Å². The molecule has 1 N–H and O–H groups in total. The molecule has 4 heteroatoms. The first-order valence-corrected chi connectivity index (χ1v) is 8.26. The summed E-state index contributed by atoms with van der Waals surface area (Å²) in [6.45, 7) is 2.20. The second kappa shape index (κ2) is 8.16. The van der Waals surface area contributed by atoms with E-state index in [2.05, 4.69) is 0 Å². The largest absolute Gasteiger partial charge is 0.496 e. The Morgan fingerprint density at radius 3 is 2.57 bits per heavy atom. The van der Waals surface area contributed by atoms with Crippen LogP contribution >= 0.6 is 0 Å². The third-order valence-corrected chi connectivity index (χ3v) is 4.84. The van der Waals surface area contributed by atoms with Crippen molar-refractivity contribution in [2.45, 2.75) is 38.6 Å². The molecule has 0 spiro atoms. The van der Waals surface area contributed by atoms with Gasteiger partial charge in [-0.3, -0.25) is 4.79 Å². The van der Waals surface area contributed by atoms with E-state index in [0.717, 1.165) is 42.6 Å². The van der Waals surface area contributed by atoms with Gasteiger partial charge in [-0.1, -0.05) is 18.2 Å². The van der Waals surface area contributed by atoms with Gasteiger partial charge in [0.1, 0.15) is 5.75 Å². The highest BCUT2D eigenvalue weighted by Gasteiger charge is 2.25. The molecule has 23 heavy (non-hydrogen) atoms. The predicted octanol–water partition coefficient (Wildman–Crippen LogP) is 3.11. The number of aliphatic hydroxyl groups excluding tert-OH is 1. The molecule has 0 radical (unpaired) electrons. The minimum absolute atomic E-state index is 0.0286. The molecule has 1 aliphatic rings. The van der Waals surface area contributed by atoms with Crippen molar-refractivity contribution < 1.29 is 14.6 Å². The van der Waals surface area contributed by atoms with Crippen molar-refractivity contribution in [1.29, 1.82) is 0 Å². The van der Waals surface area contributed by atoms with Gasteiger partial charge in [-0.25, -0.2) is 0 Å². The minimum Gasteiger partial charge on any atom is -0.496 e. The van der Waals surface area contributed by atoms with Crippen LogP contribution in [0.4, 0.5) is 0 Å². The lowest BCUT2D eigenvalue weighted by Gasteiger charge is -2.33. The first kappa shape index (κ1) is 17.5. The number of ether oxygens (including phenoxy) is 1. The summed E-state index contributed by atoms with van der Waals surface area (Å²) >= 11 is 0. The van der Waals surface area contributed by atoms with Gasteiger partial charge in [0.2, 0.25) is 5.91 Å². The Bertz CT molecular complexity index is 559. The molecular weight excluding hydrogens is 290 g/mol. The number of hydrogen-bond acceptors (Lipinski definition) is 3. The van der Waals surface area contributed by atoms with Crippen LogP contribution in [0.2, 0.25) is 0 Å². The fourth-order valence-electron chi connectivity index (χ4n) is 3.23. The lowest BCUT2D eigenvalue weighted by Crippen LogP contribution is -2.39. The highest BCUT2D eigenvalue weighted by Crippen LogP contribution is 2.28. The molecule has 0 bridgehead atoms. The number of rotatable bonds is 5. The molecule has 1 fully saturated rings. The van der Waals surface area contributed by atoms with E-state index in [-0.39, 0.29) is 18.6 Å². The zero-order valence-corrected chi connectivity index (χ0v) is 14.3. The fourth-order valence-corrected chi connectivity index (χ4v) is 3.23. The third-order valence-electron chi connectivity index (χ3n) is 4.84. The van der Waals surface area contributed by atoms with Gasteiger partial charge in [-0.05, 0) is 50.2 Å². The van der Waals surface area contributed by atoms with Crippen LogP contribution in [-0.4, -0.2) is 42.7 Å². The summed E-state index contributed by atoms with van der Waals surface area (Å²) in [5.74, 6) is 1.21. The summed E-state index contributed by atoms with van der Waals surface area (Å²) in [5, 5.41) is 9.22. The van der Waals surface area contributed by atoms with Crippen LogP contribution in [0.15, 0.2) is 30.3 Å². The minimum atomic E-state index is 0.0286. The van der Waals surface area contributed by atoms with Crippen LogP contribution in [0.25, 0.3) is 5.57 Å². The second-order valence-electron chi connectivity index (χ2n) is 6.33. The summed E-state index contributed by atoms with van der Waals surface area (Å²) in [7, 11) is 3.51. The number of para-hydroxylation sites is 1. The number of nitrogens with zero attached hydrogens (tertiary/aromatic N) is 1. The van der Waals surface area contributed by atoms with Crippen molar-refractivity contribution in [1.82, 2.24) is 4.90 Å². The van der Waals surface area contributed by atoms with Crippen molar-refractivity contribution in [3.8, 4) is 5.75 Å². The van der Waals surface area contributed by atoms with E-state index < -0.39 is 0 Å². The summed E-state index contributed by atoms with van der Waals surface area (Å²) in [6.07, 6.45) is 5.61. The van der Waals surface area contributed by atoms with Crippen LogP contribution in [0.1, 0.15) is 38.2 Å². The topological polar surface area (TPSA) is 49.8 Å². The molecule has 0 aliphatic heterocycles. The molecule has 1 amide bonds. The molecule has 1 aromatic rings. The monoisotopic (exact) mass is 317 g/mol. The molecule has 2 rings (SSSR count). The van der Waals surface area contributed by atoms with Crippen LogP contribution in [-0.2, 0) is 4.79 Å². The van der Waals surface area contributed by atoms with E-state index in [1.165, 1.54) is 0 Å². The van der Waals surface area contributed by atoms with E-state index in [1.807, 2.05) is 43.1 Å². The van der Waals surface area contributed by atoms with E-state index in [1.54, 1.807) is 13.2 Å². The van der Waals surface area contributed by atoms with Gasteiger partial charge in [0.15, 0.2) is 0 Å². The molecule has 4 nitrogen and oxygen atoms in total. The number of hydrogen-bond donors (Lipinski definition) is 1. The molecule has 1 aliphatic carbocycles. The maximum absolute atomic E-state index is 12.5. The molecule has 0 atom stereocenters. The van der Waals surface area contributed by atoms with Gasteiger partial charge in [0.25, 0.3) is 0 Å². The Hall–Kier alpha value is -1.81. The van der Waals surface area contributed by atoms with Crippen molar-refractivity contribution in [2.24, 2.45) is 5.92 Å². The molecule has 0 aromatic heterocycles. The van der Waals surface area contributed by atoms with Gasteiger partial charge < -0.3 is 14.7 Å². The number of benzene rings is 1. The smallest absolute Gasteiger partial charge is 0.246 e. The Morgan fingerprint density at radius 1 is 1.30 bits per heavy atom. The maximum atomic E-state index is 12.5. The Labute approximate surface area is 138 Å². The number of allylic oxidation sites excluding steroid dienone is 1. The van der Waals surface area contributed by atoms with E-state index >= 15 is 0 Å². The zero-order chi connectivity index (χ0) is 16.8. The fraction of sp³-hybridized carbons (Fsp3) is 0.526. The first-order chi connectivity index (χ1) is 11.1. The SMILES string of the molecule is COc1ccccc1/C(C)=C/C(=O)N(C)C1CCC(CO)CC1. The number of aliphatic hydroxyl groups is 1. The summed E-state index contributed by atoms with van der Waals surface area (Å²) < 4.78 is 5.36. The highest BCUT2D eigenvalue weighted by atomic mass is 16.5. The van der Waals surface area contributed by atoms with Crippen LogP contribution in [0.5, 0.6) is 5.75 Å². The Balaban J connectivity index is 2.05. The van der Waals surface area contributed by atoms with Crippen molar-refractivity contribution >= 4 is 11.5 Å². The number of carbonyl (C=O) groups excluding carboxylic acids is 1. The Kier molecular flexibility index (Phi) is 6.22. The zero-order valence-electron chi connectivity index (χ0n) is 14.3. The summed E-state index contributed by atoms with van der Waals surface area (Å²) in [5.41, 5.74) is 1.85. The van der Waals surface area contributed by atoms with Crippen molar-refractivity contribution in [3.05, 3.63) is 35.9 Å². The molecule has 1 aromatic carbocycles. The van der Waals surface area contributed by atoms with Gasteiger partial charge in [0.05, 0.1) is 7.11 Å². The standard InChI is InChI=1S/C19H27NO3/c1-14(17-6-4-5-7-18(17)23-3)12-19(22)20(2)16-10-8-15(13-21)9-11-16/h4-7,12,15-16,21H,8-11,13H2,1-3H3/b14-12+. The third kappa shape index (κ3) is 4.35. The second-order valence-corrected chi connectivity index (χ2v) is 6.33. The molecule has 0 heterocycles. The number of amides is 1. The van der Waals surface area contributed by atoms with E-state index in [4.69, 9.17) is 4.74 Å². The van der Waals surface area contributed by atoms with Crippen LogP contribution < -0.4 is 4.74 Å². The average Bonchev–Trinajstić information content (AvgIpc) is 2.60. The molecule has 0 saturated heterocycles. The normalized spacial score (nSPS) is 21.8. The summed E-state index contributed by atoms with van der Waals surface area (Å²) in [4.78, 5) is 14.4. The molecule has 126 valence electrons. The van der Waals surface area contributed by atoms with Crippen molar-refractivity contribution in [2.75, 3.05) is 20.8 Å². The number of methoxy groups -OCH3 is 1. The first-order valence-electron chi connectivity index (χ1n) is 8.26. The van der Waals surface area contributed by atoms with Gasteiger partial charge in [-0.15, -0.1) is 0 Å². The molecule has 0 unspecified atom stereocenters. The Morgan fingerprint density at radius 2 is 1.96 bits per heavy atom. The number of carbonyl (C=O) groups is 1. The van der Waals surface area contributed by atoms with Crippen LogP contribution in [0, 0.1) is 5.92 Å². The number of likely N-dealkylation sites (N-methyl/N-ethyl adjacent to an activating group) is 1. The van der Waals surface area contributed by atoms with Gasteiger partial charge in [-0.2, -0.15) is 0 Å².